The molecule has 0 saturated carbocycles. The fourth-order valence-electron chi connectivity index (χ4n) is 1.35. The topological polar surface area (TPSA) is 106 Å². The lowest BCUT2D eigenvalue weighted by molar-refractivity contribution is -0.384. The maximum Gasteiger partial charge on any atom is 0.352 e. The highest BCUT2D eigenvalue weighted by atomic mass is 16.6. The Labute approximate surface area is 91.1 Å². The van der Waals surface area contributed by atoms with Crippen LogP contribution in [-0.4, -0.2) is 32.3 Å². The number of carboxylic acids is 1. The third-order valence-electron chi connectivity index (χ3n) is 2.12. The number of carbonyl (C=O) groups is 1. The molecule has 2 N–H and O–H groups in total. The van der Waals surface area contributed by atoms with Crippen molar-refractivity contribution < 1.29 is 19.9 Å². The molecular formula is C9H12N2O5. The number of aryl methyl sites for hydroxylation is 1. The highest BCUT2D eigenvalue weighted by molar-refractivity contribution is 5.86. The Bertz CT molecular complexity index is 399. The van der Waals surface area contributed by atoms with Crippen molar-refractivity contribution in [1.82, 2.24) is 4.57 Å². The second-order valence-electron chi connectivity index (χ2n) is 3.27. The number of carboxylic acid groups (broad SMARTS) is 1. The molecule has 1 rings (SSSR count). The molecular weight excluding hydrogens is 216 g/mol. The molecule has 88 valence electrons. The number of unbranched alkanes of at least 4 members (excludes halogenated alkanes) is 1. The molecule has 0 aliphatic carbocycles. The van der Waals surface area contributed by atoms with Crippen molar-refractivity contribution in [3.63, 3.8) is 0 Å². The summed E-state index contributed by atoms with van der Waals surface area (Å²) in [6, 6.07) is 1.03. The van der Waals surface area contributed by atoms with Crippen molar-refractivity contribution in [2.24, 2.45) is 0 Å². The Morgan fingerprint density at radius 2 is 2.19 bits per heavy atom. The number of aromatic nitrogens is 1. The molecule has 0 bridgehead atoms. The van der Waals surface area contributed by atoms with E-state index in [0.717, 1.165) is 6.07 Å². The van der Waals surface area contributed by atoms with E-state index in [4.69, 9.17) is 10.2 Å². The number of aliphatic hydroxyl groups is 1. The average Bonchev–Trinajstić information content (AvgIpc) is 2.62. The van der Waals surface area contributed by atoms with Gasteiger partial charge in [0.15, 0.2) is 0 Å². The summed E-state index contributed by atoms with van der Waals surface area (Å²) in [6.45, 7) is 0.363. The molecule has 0 aromatic carbocycles. The highest BCUT2D eigenvalue weighted by Gasteiger charge is 2.18. The molecule has 7 nitrogen and oxygen atoms in total. The zero-order valence-corrected chi connectivity index (χ0v) is 8.50. The van der Waals surface area contributed by atoms with Gasteiger partial charge in [-0.2, -0.15) is 0 Å². The Balaban J connectivity index is 2.87. The van der Waals surface area contributed by atoms with E-state index in [9.17, 15) is 14.9 Å². The predicted molar refractivity (Wildman–Crippen MR) is 54.4 cm³/mol. The molecule has 0 radical (unpaired) electrons. The lowest BCUT2D eigenvalue weighted by atomic mass is 10.3. The second-order valence-corrected chi connectivity index (χ2v) is 3.27. The molecule has 7 heteroatoms. The standard InChI is InChI=1S/C9H12N2O5/c12-4-2-1-3-10-6-7(11(15)16)5-8(10)9(13)14/h5-6,12H,1-4H2,(H,13,14). The molecule has 16 heavy (non-hydrogen) atoms. The summed E-state index contributed by atoms with van der Waals surface area (Å²) in [5, 5.41) is 27.9. The molecule has 0 atom stereocenters. The first kappa shape index (κ1) is 12.2. The van der Waals surface area contributed by atoms with Crippen molar-refractivity contribution in [2.75, 3.05) is 6.61 Å². The van der Waals surface area contributed by atoms with Crippen LogP contribution in [0.25, 0.3) is 0 Å². The number of hydrogen-bond acceptors (Lipinski definition) is 4. The van der Waals surface area contributed by atoms with Gasteiger partial charge < -0.3 is 14.8 Å². The van der Waals surface area contributed by atoms with E-state index in [-0.39, 0.29) is 18.0 Å². The van der Waals surface area contributed by atoms with Crippen LogP contribution in [0.4, 0.5) is 5.69 Å². The number of hydrogen-bond donors (Lipinski definition) is 2. The normalized spacial score (nSPS) is 10.3. The van der Waals surface area contributed by atoms with Gasteiger partial charge in [-0.1, -0.05) is 0 Å². The molecule has 0 aliphatic rings. The number of aromatic carboxylic acids is 1. The number of nitrogens with zero attached hydrogens (tertiary/aromatic N) is 2. The van der Waals surface area contributed by atoms with E-state index in [2.05, 4.69) is 0 Å². The van der Waals surface area contributed by atoms with Crippen LogP contribution < -0.4 is 0 Å². The number of nitro groups is 1. The van der Waals surface area contributed by atoms with Gasteiger partial charge in [-0.3, -0.25) is 10.1 Å². The first-order valence-electron chi connectivity index (χ1n) is 4.75. The van der Waals surface area contributed by atoms with Crippen molar-refractivity contribution in [2.45, 2.75) is 19.4 Å². The molecule has 0 unspecified atom stereocenters. The smallest absolute Gasteiger partial charge is 0.352 e. The van der Waals surface area contributed by atoms with Gasteiger partial charge in [0, 0.05) is 19.2 Å². The summed E-state index contributed by atoms with van der Waals surface area (Å²) in [6.07, 6.45) is 2.30. The van der Waals surface area contributed by atoms with E-state index in [1.807, 2.05) is 0 Å². The zero-order valence-electron chi connectivity index (χ0n) is 8.50. The van der Waals surface area contributed by atoms with Crippen molar-refractivity contribution >= 4 is 11.7 Å². The minimum absolute atomic E-state index is 0.0196. The summed E-state index contributed by atoms with van der Waals surface area (Å²) in [4.78, 5) is 20.6. The fourth-order valence-corrected chi connectivity index (χ4v) is 1.35. The van der Waals surface area contributed by atoms with E-state index < -0.39 is 10.9 Å². The summed E-state index contributed by atoms with van der Waals surface area (Å²) in [5.41, 5.74) is -0.342. The third-order valence-corrected chi connectivity index (χ3v) is 2.12. The van der Waals surface area contributed by atoms with E-state index in [1.54, 1.807) is 0 Å². The Kier molecular flexibility index (Phi) is 4.01. The first-order valence-corrected chi connectivity index (χ1v) is 4.75. The predicted octanol–water partition coefficient (Wildman–Crippen LogP) is 0.867. The van der Waals surface area contributed by atoms with Gasteiger partial charge in [0.2, 0.25) is 0 Å². The van der Waals surface area contributed by atoms with Crippen LogP contribution in [0.3, 0.4) is 0 Å². The maximum atomic E-state index is 10.8. The lowest BCUT2D eigenvalue weighted by Crippen LogP contribution is -2.07. The van der Waals surface area contributed by atoms with Gasteiger partial charge in [-0.05, 0) is 12.8 Å². The Morgan fingerprint density at radius 1 is 1.50 bits per heavy atom. The van der Waals surface area contributed by atoms with E-state index in [0.29, 0.717) is 19.4 Å². The van der Waals surface area contributed by atoms with Crippen LogP contribution >= 0.6 is 0 Å². The minimum Gasteiger partial charge on any atom is -0.477 e. The monoisotopic (exact) mass is 228 g/mol. The summed E-state index contributed by atoms with van der Waals surface area (Å²) in [7, 11) is 0. The fraction of sp³-hybridized carbons (Fsp3) is 0.444. The van der Waals surface area contributed by atoms with E-state index >= 15 is 0 Å². The largest absolute Gasteiger partial charge is 0.477 e. The summed E-state index contributed by atoms with van der Waals surface area (Å²) in [5.74, 6) is -1.20. The molecule has 1 aromatic rings. The van der Waals surface area contributed by atoms with E-state index in [1.165, 1.54) is 10.8 Å². The van der Waals surface area contributed by atoms with Crippen LogP contribution in [0.15, 0.2) is 12.3 Å². The second kappa shape index (κ2) is 5.26. The molecule has 0 aliphatic heterocycles. The third kappa shape index (κ3) is 2.80. The molecule has 1 aromatic heterocycles. The van der Waals surface area contributed by atoms with Crippen molar-refractivity contribution in [1.29, 1.82) is 0 Å². The zero-order chi connectivity index (χ0) is 12.1. The van der Waals surface area contributed by atoms with Gasteiger partial charge in [0.25, 0.3) is 5.69 Å². The summed E-state index contributed by atoms with van der Waals surface area (Å²) >= 11 is 0. The molecule has 0 saturated heterocycles. The highest BCUT2D eigenvalue weighted by Crippen LogP contribution is 2.17. The van der Waals surface area contributed by atoms with Gasteiger partial charge in [0.1, 0.15) is 5.69 Å². The van der Waals surface area contributed by atoms with Crippen LogP contribution in [0.1, 0.15) is 23.3 Å². The molecule has 0 amide bonds. The van der Waals surface area contributed by atoms with Crippen LogP contribution in [0.2, 0.25) is 0 Å². The summed E-state index contributed by atoms with van der Waals surface area (Å²) < 4.78 is 1.32. The minimum atomic E-state index is -1.20. The number of rotatable bonds is 6. The van der Waals surface area contributed by atoms with Crippen molar-refractivity contribution in [3.8, 4) is 0 Å². The van der Waals surface area contributed by atoms with Gasteiger partial charge in [-0.15, -0.1) is 0 Å². The Morgan fingerprint density at radius 3 is 2.69 bits per heavy atom. The van der Waals surface area contributed by atoms with Crippen LogP contribution in [-0.2, 0) is 6.54 Å². The maximum absolute atomic E-state index is 10.8. The van der Waals surface area contributed by atoms with Crippen molar-refractivity contribution in [3.05, 3.63) is 28.1 Å². The van der Waals surface area contributed by atoms with Gasteiger partial charge in [-0.25, -0.2) is 4.79 Å². The molecule has 1 heterocycles. The van der Waals surface area contributed by atoms with Gasteiger partial charge in [0.05, 0.1) is 11.1 Å². The van der Waals surface area contributed by atoms with Gasteiger partial charge >= 0.3 is 5.97 Å². The lowest BCUT2D eigenvalue weighted by Gasteiger charge is -2.03. The molecule has 0 fully saturated rings. The SMILES string of the molecule is O=C(O)c1cc([N+](=O)[O-])cn1CCCCO. The number of aliphatic hydroxyl groups excluding tert-OH is 1. The van der Waals surface area contributed by atoms with Crippen LogP contribution in [0, 0.1) is 10.1 Å². The molecule has 0 spiro atoms. The quantitative estimate of drug-likeness (QED) is 0.427. The van der Waals surface area contributed by atoms with Crippen LogP contribution in [0.5, 0.6) is 0 Å². The Hall–Kier alpha value is -1.89. The first-order chi connectivity index (χ1) is 7.56. The average molecular weight is 228 g/mol.